The zero-order valence-corrected chi connectivity index (χ0v) is 16.6. The number of amides is 1. The molecule has 7 heteroatoms. The van der Waals surface area contributed by atoms with Crippen molar-refractivity contribution in [1.29, 1.82) is 0 Å². The van der Waals surface area contributed by atoms with Crippen LogP contribution in [0.15, 0.2) is 42.5 Å². The molecule has 0 radical (unpaired) electrons. The summed E-state index contributed by atoms with van der Waals surface area (Å²) in [6.45, 7) is 2.24. The van der Waals surface area contributed by atoms with Crippen LogP contribution in [0, 0.1) is 5.82 Å². The van der Waals surface area contributed by atoms with Gasteiger partial charge in [0.05, 0.1) is 24.9 Å². The molecule has 3 rings (SSSR count). The van der Waals surface area contributed by atoms with E-state index < -0.39 is 0 Å². The van der Waals surface area contributed by atoms with Crippen LogP contribution in [-0.4, -0.2) is 51.2 Å². The summed E-state index contributed by atoms with van der Waals surface area (Å²) in [6, 6.07) is 10.2. The number of anilines is 1. The van der Waals surface area contributed by atoms with Gasteiger partial charge in [0, 0.05) is 32.3 Å². The molecule has 0 saturated carbocycles. The molecule has 2 aromatic carbocycles. The molecule has 0 aromatic heterocycles. The third-order valence-electron chi connectivity index (χ3n) is 4.66. The molecule has 0 aliphatic carbocycles. The molecule has 148 valence electrons. The fourth-order valence-electron chi connectivity index (χ4n) is 3.18. The molecule has 1 aliphatic rings. The largest absolute Gasteiger partial charge is 0.493 e. The summed E-state index contributed by atoms with van der Waals surface area (Å²) < 4.78 is 24.4. The summed E-state index contributed by atoms with van der Waals surface area (Å²) in [6.07, 6.45) is 3.20. The molecule has 28 heavy (non-hydrogen) atoms. The van der Waals surface area contributed by atoms with E-state index in [0.29, 0.717) is 48.4 Å². The fourth-order valence-corrected chi connectivity index (χ4v) is 3.48. The number of halogens is 2. The Morgan fingerprint density at radius 3 is 2.46 bits per heavy atom. The zero-order chi connectivity index (χ0) is 20.1. The molecule has 2 aromatic rings. The highest BCUT2D eigenvalue weighted by Crippen LogP contribution is 2.36. The first-order chi connectivity index (χ1) is 13.5. The first-order valence-corrected chi connectivity index (χ1v) is 9.29. The molecule has 1 aliphatic heterocycles. The van der Waals surface area contributed by atoms with Crippen LogP contribution in [-0.2, 0) is 4.79 Å². The van der Waals surface area contributed by atoms with Crippen LogP contribution < -0.4 is 14.4 Å². The first kappa shape index (κ1) is 20.0. The molecule has 0 spiro atoms. The maximum atomic E-state index is 13.9. The number of carbonyl (C=O) groups excluding carboxylic acids is 1. The smallest absolute Gasteiger partial charge is 0.246 e. The third kappa shape index (κ3) is 4.39. The number of hydrogen-bond acceptors (Lipinski definition) is 4. The molecular formula is C21H22ClFN2O3. The molecule has 0 N–H and O–H groups in total. The van der Waals surface area contributed by atoms with Gasteiger partial charge in [0.15, 0.2) is 11.5 Å². The number of methoxy groups -OCH3 is 2. The van der Waals surface area contributed by atoms with Gasteiger partial charge in [-0.1, -0.05) is 23.7 Å². The van der Waals surface area contributed by atoms with E-state index in [0.717, 1.165) is 5.56 Å². The van der Waals surface area contributed by atoms with Gasteiger partial charge in [-0.15, -0.1) is 0 Å². The van der Waals surface area contributed by atoms with Crippen molar-refractivity contribution in [2.45, 2.75) is 0 Å². The van der Waals surface area contributed by atoms with Crippen molar-refractivity contribution < 1.29 is 18.7 Å². The number of carbonyl (C=O) groups is 1. The number of hydrogen-bond donors (Lipinski definition) is 0. The highest BCUT2D eigenvalue weighted by Gasteiger charge is 2.21. The number of ether oxygens (including phenoxy) is 2. The van der Waals surface area contributed by atoms with E-state index in [1.165, 1.54) is 26.4 Å². The maximum Gasteiger partial charge on any atom is 0.246 e. The molecule has 0 atom stereocenters. The lowest BCUT2D eigenvalue weighted by Crippen LogP contribution is -2.48. The Balaban J connectivity index is 1.63. The van der Waals surface area contributed by atoms with Crippen LogP contribution in [0.1, 0.15) is 5.56 Å². The lowest BCUT2D eigenvalue weighted by Gasteiger charge is -2.35. The second kappa shape index (κ2) is 8.97. The van der Waals surface area contributed by atoms with Gasteiger partial charge in [-0.2, -0.15) is 0 Å². The Hall–Kier alpha value is -2.73. The van der Waals surface area contributed by atoms with Gasteiger partial charge in [0.2, 0.25) is 5.91 Å². The van der Waals surface area contributed by atoms with Crippen molar-refractivity contribution in [3.05, 3.63) is 58.9 Å². The fraction of sp³-hybridized carbons (Fsp3) is 0.286. The highest BCUT2D eigenvalue weighted by atomic mass is 35.5. The van der Waals surface area contributed by atoms with E-state index in [-0.39, 0.29) is 11.7 Å². The third-order valence-corrected chi connectivity index (χ3v) is 4.94. The molecular weight excluding hydrogens is 383 g/mol. The van der Waals surface area contributed by atoms with Crippen LogP contribution in [0.2, 0.25) is 5.02 Å². The molecule has 5 nitrogen and oxygen atoms in total. The second-order valence-corrected chi connectivity index (χ2v) is 6.74. The SMILES string of the molecule is COc1cc(/C=C/C(=O)N2CCN(c3ccccc3F)CC2)cc(Cl)c1OC. The molecule has 1 heterocycles. The average Bonchev–Trinajstić information content (AvgIpc) is 2.72. The average molecular weight is 405 g/mol. The van der Waals surface area contributed by atoms with Crippen LogP contribution in [0.4, 0.5) is 10.1 Å². The first-order valence-electron chi connectivity index (χ1n) is 8.91. The predicted molar refractivity (Wildman–Crippen MR) is 109 cm³/mol. The van der Waals surface area contributed by atoms with E-state index in [2.05, 4.69) is 0 Å². The van der Waals surface area contributed by atoms with E-state index in [1.54, 1.807) is 35.2 Å². The maximum absolute atomic E-state index is 13.9. The van der Waals surface area contributed by atoms with Crippen LogP contribution in [0.5, 0.6) is 11.5 Å². The van der Waals surface area contributed by atoms with Gasteiger partial charge < -0.3 is 19.3 Å². The second-order valence-electron chi connectivity index (χ2n) is 6.34. The lowest BCUT2D eigenvalue weighted by molar-refractivity contribution is -0.126. The Morgan fingerprint density at radius 2 is 1.82 bits per heavy atom. The van der Waals surface area contributed by atoms with Crippen molar-refractivity contribution in [2.24, 2.45) is 0 Å². The molecule has 0 unspecified atom stereocenters. The zero-order valence-electron chi connectivity index (χ0n) is 15.8. The van der Waals surface area contributed by atoms with Crippen molar-refractivity contribution >= 4 is 29.3 Å². The van der Waals surface area contributed by atoms with Crippen molar-refractivity contribution in [2.75, 3.05) is 45.3 Å². The number of piperazine rings is 1. The van der Waals surface area contributed by atoms with Gasteiger partial charge in [-0.3, -0.25) is 4.79 Å². The Kier molecular flexibility index (Phi) is 6.41. The summed E-state index contributed by atoms with van der Waals surface area (Å²) in [5.74, 6) is 0.615. The van der Waals surface area contributed by atoms with E-state index >= 15 is 0 Å². The summed E-state index contributed by atoms with van der Waals surface area (Å²) in [7, 11) is 3.05. The Morgan fingerprint density at radius 1 is 1.11 bits per heavy atom. The van der Waals surface area contributed by atoms with Crippen molar-refractivity contribution in [3.63, 3.8) is 0 Å². The van der Waals surface area contributed by atoms with Gasteiger partial charge in [0.1, 0.15) is 5.82 Å². The Bertz CT molecular complexity index is 880. The number of benzene rings is 2. The summed E-state index contributed by atoms with van der Waals surface area (Å²) in [5.41, 5.74) is 1.31. The Labute approximate surface area is 168 Å². The van der Waals surface area contributed by atoms with E-state index in [1.807, 2.05) is 11.0 Å². The molecule has 1 amide bonds. The minimum Gasteiger partial charge on any atom is -0.493 e. The minimum atomic E-state index is -0.243. The normalized spacial score (nSPS) is 14.4. The summed E-state index contributed by atoms with van der Waals surface area (Å²) in [5, 5.41) is 0.410. The number of nitrogens with zero attached hydrogens (tertiary/aromatic N) is 2. The minimum absolute atomic E-state index is 0.0981. The molecule has 1 fully saturated rings. The van der Waals surface area contributed by atoms with Gasteiger partial charge in [-0.25, -0.2) is 4.39 Å². The van der Waals surface area contributed by atoms with Gasteiger partial charge in [0.25, 0.3) is 0 Å². The van der Waals surface area contributed by atoms with E-state index in [4.69, 9.17) is 21.1 Å². The van der Waals surface area contributed by atoms with Crippen molar-refractivity contribution in [3.8, 4) is 11.5 Å². The summed E-state index contributed by atoms with van der Waals surface area (Å²) >= 11 is 6.19. The van der Waals surface area contributed by atoms with E-state index in [9.17, 15) is 9.18 Å². The monoisotopic (exact) mass is 404 g/mol. The van der Waals surface area contributed by atoms with Gasteiger partial charge >= 0.3 is 0 Å². The number of para-hydroxylation sites is 1. The predicted octanol–water partition coefficient (Wildman–Crippen LogP) is 3.86. The topological polar surface area (TPSA) is 42.0 Å². The van der Waals surface area contributed by atoms with Crippen LogP contribution in [0.3, 0.4) is 0 Å². The molecule has 0 bridgehead atoms. The van der Waals surface area contributed by atoms with Gasteiger partial charge in [-0.05, 0) is 35.9 Å². The molecule has 1 saturated heterocycles. The quantitative estimate of drug-likeness (QED) is 0.710. The number of rotatable bonds is 5. The van der Waals surface area contributed by atoms with Crippen molar-refractivity contribution in [1.82, 2.24) is 4.90 Å². The van der Waals surface area contributed by atoms with Crippen LogP contribution >= 0.6 is 11.6 Å². The summed E-state index contributed by atoms with van der Waals surface area (Å²) in [4.78, 5) is 16.2. The lowest BCUT2D eigenvalue weighted by atomic mass is 10.1. The standard InChI is InChI=1S/C21H22ClFN2O3/c1-27-19-14-15(13-16(22)21(19)28-2)7-8-20(26)25-11-9-24(10-12-25)18-6-4-3-5-17(18)23/h3-8,13-14H,9-12H2,1-2H3/b8-7+. The highest BCUT2D eigenvalue weighted by molar-refractivity contribution is 6.32. The van der Waals surface area contributed by atoms with Crippen LogP contribution in [0.25, 0.3) is 6.08 Å².